The van der Waals surface area contributed by atoms with Crippen molar-refractivity contribution in [3.8, 4) is 5.75 Å². The molecule has 4 aliphatic rings. The van der Waals surface area contributed by atoms with E-state index in [-0.39, 0.29) is 12.1 Å². The van der Waals surface area contributed by atoms with Crippen LogP contribution in [0, 0.1) is 11.8 Å². The van der Waals surface area contributed by atoms with Gasteiger partial charge in [0.15, 0.2) is 0 Å². The average Bonchev–Trinajstić information content (AvgIpc) is 3.49. The van der Waals surface area contributed by atoms with Gasteiger partial charge in [0.2, 0.25) is 0 Å². The summed E-state index contributed by atoms with van der Waals surface area (Å²) in [6, 6.07) is 19.1. The number of nitrogens with two attached hydrogens (primary N) is 1. The van der Waals surface area contributed by atoms with Crippen LogP contribution in [-0.4, -0.2) is 53.8 Å². The number of nitrogens with zero attached hydrogens (tertiary/aromatic N) is 4. The first-order valence-corrected chi connectivity index (χ1v) is 12.6. The molecule has 2 atom stereocenters. The van der Waals surface area contributed by atoms with Gasteiger partial charge in [-0.3, -0.25) is 0 Å². The van der Waals surface area contributed by atoms with Gasteiger partial charge in [0, 0.05) is 18.8 Å². The van der Waals surface area contributed by atoms with E-state index in [1.54, 1.807) is 6.34 Å². The Bertz CT molecular complexity index is 1100. The maximum absolute atomic E-state index is 6.43. The van der Waals surface area contributed by atoms with Crippen molar-refractivity contribution >= 4 is 17.7 Å². The number of aliphatic imine (C=N–C) groups is 2. The summed E-state index contributed by atoms with van der Waals surface area (Å²) in [6.45, 7) is 4.36. The fourth-order valence-corrected chi connectivity index (χ4v) is 5.88. The zero-order valence-corrected chi connectivity index (χ0v) is 19.6. The lowest BCUT2D eigenvalue weighted by Crippen LogP contribution is -2.50. The Labute approximate surface area is 201 Å². The van der Waals surface area contributed by atoms with Crippen LogP contribution in [0.15, 0.2) is 70.8 Å². The predicted molar refractivity (Wildman–Crippen MR) is 137 cm³/mol. The van der Waals surface area contributed by atoms with E-state index in [4.69, 9.17) is 15.5 Å². The molecule has 34 heavy (non-hydrogen) atoms. The minimum Gasteiger partial charge on any atom is -0.489 e. The van der Waals surface area contributed by atoms with E-state index in [2.05, 4.69) is 51.3 Å². The van der Waals surface area contributed by atoms with Crippen molar-refractivity contribution in [1.29, 1.82) is 0 Å². The third-order valence-electron chi connectivity index (χ3n) is 7.73. The van der Waals surface area contributed by atoms with E-state index >= 15 is 0 Å². The topological polar surface area (TPSA) is 66.5 Å². The zero-order chi connectivity index (χ0) is 22.9. The van der Waals surface area contributed by atoms with Crippen LogP contribution in [0.5, 0.6) is 5.75 Å². The van der Waals surface area contributed by atoms with Gasteiger partial charge >= 0.3 is 0 Å². The molecule has 2 N–H and O–H groups in total. The molecule has 6 heteroatoms. The number of hydrogen-bond donors (Lipinski definition) is 1. The number of likely N-dealkylation sites (tertiary alicyclic amines) is 1. The highest BCUT2D eigenvalue weighted by Crippen LogP contribution is 2.44. The van der Waals surface area contributed by atoms with Crippen molar-refractivity contribution in [1.82, 2.24) is 9.80 Å². The molecule has 2 aromatic rings. The molecule has 2 fully saturated rings. The second-order valence-corrected chi connectivity index (χ2v) is 10.0. The van der Waals surface area contributed by atoms with E-state index in [1.807, 2.05) is 24.3 Å². The van der Waals surface area contributed by atoms with E-state index in [0.717, 1.165) is 22.8 Å². The molecule has 2 aromatic carbocycles. The molecular weight excluding hydrogens is 422 g/mol. The smallest absolute Gasteiger partial charge is 0.136 e. The van der Waals surface area contributed by atoms with E-state index < -0.39 is 0 Å². The van der Waals surface area contributed by atoms with Crippen LogP contribution in [0.25, 0.3) is 5.57 Å². The number of fused-ring (bicyclic) bond motifs is 1. The summed E-state index contributed by atoms with van der Waals surface area (Å²) in [5, 5.41) is 0. The highest BCUT2D eigenvalue weighted by molar-refractivity contribution is 6.01. The van der Waals surface area contributed by atoms with Crippen molar-refractivity contribution in [3.63, 3.8) is 0 Å². The van der Waals surface area contributed by atoms with Crippen LogP contribution in [0.4, 0.5) is 0 Å². The third-order valence-corrected chi connectivity index (χ3v) is 7.73. The van der Waals surface area contributed by atoms with Gasteiger partial charge in [-0.1, -0.05) is 42.5 Å². The van der Waals surface area contributed by atoms with Crippen LogP contribution < -0.4 is 10.5 Å². The maximum atomic E-state index is 6.43. The molecule has 0 aromatic heterocycles. The van der Waals surface area contributed by atoms with Crippen LogP contribution in [-0.2, 0) is 6.61 Å². The minimum absolute atomic E-state index is 0.00740. The van der Waals surface area contributed by atoms with Gasteiger partial charge in [-0.2, -0.15) is 0 Å². The number of benzene rings is 2. The van der Waals surface area contributed by atoms with Gasteiger partial charge < -0.3 is 20.3 Å². The second-order valence-electron chi connectivity index (χ2n) is 10.0. The number of rotatable bonds is 7. The molecule has 2 unspecified atom stereocenters. The Kier molecular flexibility index (Phi) is 5.83. The monoisotopic (exact) mass is 455 g/mol. The molecule has 3 aliphatic heterocycles. The standard InChI is InChI=1S/C28H33N5O/c29-27-26-25(22-9-6-10-24(15-22)34-18-20-7-2-1-3-8-20)17-33(28(26)31-19-30-27)23-13-21(14-23)16-32-11-4-5-12-32/h1-3,6-10,15,17,19,21,23,26,28H,4-5,11-14,16,18H2,(H2,29,30,31). The SMILES string of the molecule is NC1=NC=NC2C1C(c1cccc(OCc3ccccc3)c1)=CN2C1CC(CN2CCCC2)C1. The maximum Gasteiger partial charge on any atom is 0.136 e. The van der Waals surface area contributed by atoms with Gasteiger partial charge in [-0.25, -0.2) is 9.98 Å². The third kappa shape index (κ3) is 4.23. The van der Waals surface area contributed by atoms with Crippen LogP contribution >= 0.6 is 0 Å². The highest BCUT2D eigenvalue weighted by atomic mass is 16.5. The lowest BCUT2D eigenvalue weighted by atomic mass is 9.78. The predicted octanol–water partition coefficient (Wildman–Crippen LogP) is 4.14. The zero-order valence-electron chi connectivity index (χ0n) is 19.6. The van der Waals surface area contributed by atoms with Crippen molar-refractivity contribution in [2.24, 2.45) is 27.6 Å². The second kappa shape index (κ2) is 9.26. The minimum atomic E-state index is -0.00740. The van der Waals surface area contributed by atoms with Gasteiger partial charge in [0.25, 0.3) is 0 Å². The summed E-state index contributed by atoms with van der Waals surface area (Å²) in [7, 11) is 0. The summed E-state index contributed by atoms with van der Waals surface area (Å²) in [5.41, 5.74) is 9.91. The van der Waals surface area contributed by atoms with Gasteiger partial charge in [0.05, 0.1) is 5.92 Å². The molecule has 1 saturated heterocycles. The highest BCUT2D eigenvalue weighted by Gasteiger charge is 2.45. The van der Waals surface area contributed by atoms with E-state index in [9.17, 15) is 0 Å². The Morgan fingerprint density at radius 3 is 2.65 bits per heavy atom. The molecule has 0 bridgehead atoms. The van der Waals surface area contributed by atoms with Crippen LogP contribution in [0.2, 0.25) is 0 Å². The van der Waals surface area contributed by atoms with Gasteiger partial charge in [-0.15, -0.1) is 0 Å². The summed E-state index contributed by atoms with van der Waals surface area (Å²) in [5.74, 6) is 2.30. The quantitative estimate of drug-likeness (QED) is 0.682. The molecule has 6 nitrogen and oxygen atoms in total. The van der Waals surface area contributed by atoms with E-state index in [1.165, 1.54) is 50.9 Å². The first kappa shape index (κ1) is 21.4. The van der Waals surface area contributed by atoms with Crippen LogP contribution in [0.3, 0.4) is 0 Å². The molecule has 3 heterocycles. The van der Waals surface area contributed by atoms with Gasteiger partial charge in [0.1, 0.15) is 30.7 Å². The normalized spacial score (nSPS) is 28.3. The molecule has 1 aliphatic carbocycles. The lowest BCUT2D eigenvalue weighted by molar-refractivity contribution is 0.0709. The number of ether oxygens (including phenoxy) is 1. The van der Waals surface area contributed by atoms with Gasteiger partial charge in [-0.05, 0) is 73.5 Å². The summed E-state index contributed by atoms with van der Waals surface area (Å²) in [6.07, 6.45) is 9.14. The fourth-order valence-electron chi connectivity index (χ4n) is 5.88. The van der Waals surface area contributed by atoms with E-state index in [0.29, 0.717) is 18.5 Å². The van der Waals surface area contributed by atoms with Crippen molar-refractivity contribution in [2.75, 3.05) is 19.6 Å². The summed E-state index contributed by atoms with van der Waals surface area (Å²) in [4.78, 5) is 14.2. The largest absolute Gasteiger partial charge is 0.489 e. The first-order chi connectivity index (χ1) is 16.7. The molecule has 6 rings (SSSR count). The Balaban J connectivity index is 1.18. The average molecular weight is 456 g/mol. The Hall–Kier alpha value is -3.12. The number of amidine groups is 1. The first-order valence-electron chi connectivity index (χ1n) is 12.6. The van der Waals surface area contributed by atoms with Crippen molar-refractivity contribution < 1.29 is 4.74 Å². The summed E-state index contributed by atoms with van der Waals surface area (Å²) < 4.78 is 6.10. The summed E-state index contributed by atoms with van der Waals surface area (Å²) >= 11 is 0. The lowest BCUT2D eigenvalue weighted by Gasteiger charge is -2.45. The molecule has 0 radical (unpaired) electrons. The Morgan fingerprint density at radius 1 is 1.00 bits per heavy atom. The molecule has 176 valence electrons. The van der Waals surface area contributed by atoms with Crippen molar-refractivity contribution in [2.45, 2.75) is 44.5 Å². The fraction of sp³-hybridized carbons (Fsp3) is 0.429. The Morgan fingerprint density at radius 2 is 1.82 bits per heavy atom. The van der Waals surface area contributed by atoms with Crippen molar-refractivity contribution in [3.05, 3.63) is 71.9 Å². The number of hydrogen-bond acceptors (Lipinski definition) is 6. The molecule has 1 saturated carbocycles. The molecule has 0 spiro atoms. The molecular formula is C28H33N5O. The van der Waals surface area contributed by atoms with Crippen LogP contribution in [0.1, 0.15) is 36.8 Å². The molecule has 0 amide bonds.